The summed E-state index contributed by atoms with van der Waals surface area (Å²) in [6.07, 6.45) is 4.54. The van der Waals surface area contributed by atoms with E-state index in [9.17, 15) is 5.11 Å². The molecule has 1 saturated carbocycles. The van der Waals surface area contributed by atoms with Crippen LogP contribution in [0.25, 0.3) is 0 Å². The molecule has 1 aliphatic carbocycles. The summed E-state index contributed by atoms with van der Waals surface area (Å²) < 4.78 is 5.10. The van der Waals surface area contributed by atoms with Crippen LogP contribution >= 0.6 is 12.0 Å². The first-order valence-corrected chi connectivity index (χ1v) is 6.43. The molecular formula is C10H21NO3S. The topological polar surface area (TPSA) is 50.7 Å². The lowest BCUT2D eigenvalue weighted by atomic mass is 9.95. The molecule has 0 aliphatic heterocycles. The van der Waals surface area contributed by atoms with Gasteiger partial charge in [-0.25, -0.2) is 4.28 Å². The third-order valence-electron chi connectivity index (χ3n) is 2.68. The monoisotopic (exact) mass is 235 g/mol. The van der Waals surface area contributed by atoms with Gasteiger partial charge in [-0.15, -0.1) is 0 Å². The summed E-state index contributed by atoms with van der Waals surface area (Å²) in [5.74, 6) is 0. The average Bonchev–Trinajstić information content (AvgIpc) is 2.26. The predicted octanol–water partition coefficient (Wildman–Crippen LogP) is 2.19. The van der Waals surface area contributed by atoms with Crippen LogP contribution in [0.15, 0.2) is 0 Å². The van der Waals surface area contributed by atoms with Crippen molar-refractivity contribution in [2.24, 2.45) is 0 Å². The third kappa shape index (κ3) is 5.73. The van der Waals surface area contributed by atoms with E-state index in [1.54, 1.807) is 0 Å². The molecule has 1 rings (SSSR count). The summed E-state index contributed by atoms with van der Waals surface area (Å²) in [5, 5.41) is 9.76. The van der Waals surface area contributed by atoms with E-state index in [-0.39, 0.29) is 12.2 Å². The summed E-state index contributed by atoms with van der Waals surface area (Å²) in [5.41, 5.74) is 2.52. The molecule has 4 nitrogen and oxygen atoms in total. The predicted molar refractivity (Wildman–Crippen MR) is 60.9 cm³/mol. The second-order valence-corrected chi connectivity index (χ2v) is 5.19. The summed E-state index contributed by atoms with van der Waals surface area (Å²) >= 11 is 1.38. The largest absolute Gasteiger partial charge is 0.393 e. The first-order valence-electron chi connectivity index (χ1n) is 5.63. The van der Waals surface area contributed by atoms with Crippen molar-refractivity contribution >= 4 is 12.0 Å². The molecule has 2 N–H and O–H groups in total. The van der Waals surface area contributed by atoms with Gasteiger partial charge in [0.15, 0.2) is 0 Å². The molecule has 0 amide bonds. The first kappa shape index (κ1) is 13.3. The standard InChI is InChI=1S/C10H21NO3S/c1-3-8(2)15-14-11-13-10-6-4-9(12)5-7-10/h8-12H,3-7H2,1-2H3. The lowest BCUT2D eigenvalue weighted by Gasteiger charge is -2.24. The molecule has 0 aromatic rings. The molecule has 5 heteroatoms. The van der Waals surface area contributed by atoms with Gasteiger partial charge in [0.25, 0.3) is 0 Å². The number of hydrogen-bond donors (Lipinski definition) is 2. The van der Waals surface area contributed by atoms with Crippen molar-refractivity contribution in [1.82, 2.24) is 5.64 Å². The second-order valence-electron chi connectivity index (χ2n) is 4.03. The molecular weight excluding hydrogens is 214 g/mol. The van der Waals surface area contributed by atoms with E-state index in [0.717, 1.165) is 32.1 Å². The van der Waals surface area contributed by atoms with E-state index >= 15 is 0 Å². The molecule has 0 aromatic heterocycles. The molecule has 0 aromatic carbocycles. The van der Waals surface area contributed by atoms with Gasteiger partial charge in [-0.1, -0.05) is 19.5 Å². The Morgan fingerprint density at radius 1 is 1.40 bits per heavy atom. The highest BCUT2D eigenvalue weighted by molar-refractivity contribution is 7.95. The SMILES string of the molecule is CCC(C)SONOC1CCC(O)CC1. The molecule has 1 atom stereocenters. The Bertz CT molecular complexity index is 163. The van der Waals surface area contributed by atoms with Gasteiger partial charge in [0.1, 0.15) is 0 Å². The molecule has 0 spiro atoms. The van der Waals surface area contributed by atoms with Crippen LogP contribution in [-0.2, 0) is 9.12 Å². The van der Waals surface area contributed by atoms with E-state index < -0.39 is 0 Å². The van der Waals surface area contributed by atoms with Crippen LogP contribution in [0.4, 0.5) is 0 Å². The summed E-state index contributed by atoms with van der Waals surface area (Å²) in [4.78, 5) is 5.32. The highest BCUT2D eigenvalue weighted by Crippen LogP contribution is 2.20. The van der Waals surface area contributed by atoms with E-state index in [0.29, 0.717) is 5.25 Å². The summed E-state index contributed by atoms with van der Waals surface area (Å²) in [7, 11) is 0. The number of rotatable bonds is 6. The van der Waals surface area contributed by atoms with Crippen molar-refractivity contribution in [2.45, 2.75) is 63.4 Å². The molecule has 1 unspecified atom stereocenters. The molecule has 90 valence electrons. The Hall–Kier alpha value is 0.190. The summed E-state index contributed by atoms with van der Waals surface area (Å²) in [6, 6.07) is 0. The van der Waals surface area contributed by atoms with Crippen molar-refractivity contribution in [3.05, 3.63) is 0 Å². The fourth-order valence-corrected chi connectivity index (χ4v) is 1.80. The Labute approximate surface area is 95.8 Å². The van der Waals surface area contributed by atoms with Gasteiger partial charge in [-0.05, 0) is 32.1 Å². The fraction of sp³-hybridized carbons (Fsp3) is 1.00. The lowest BCUT2D eigenvalue weighted by Crippen LogP contribution is -2.29. The van der Waals surface area contributed by atoms with E-state index in [1.807, 2.05) is 0 Å². The van der Waals surface area contributed by atoms with Crippen LogP contribution in [0.1, 0.15) is 46.0 Å². The average molecular weight is 235 g/mol. The van der Waals surface area contributed by atoms with E-state index in [4.69, 9.17) is 9.12 Å². The van der Waals surface area contributed by atoms with Gasteiger partial charge in [0.05, 0.1) is 12.2 Å². The smallest absolute Gasteiger partial charge is 0.0819 e. The number of aliphatic hydroxyl groups is 1. The molecule has 0 bridgehead atoms. The van der Waals surface area contributed by atoms with Gasteiger partial charge in [0.2, 0.25) is 0 Å². The zero-order chi connectivity index (χ0) is 11.1. The maximum absolute atomic E-state index is 9.29. The van der Waals surface area contributed by atoms with Crippen molar-refractivity contribution in [2.75, 3.05) is 0 Å². The minimum atomic E-state index is -0.139. The van der Waals surface area contributed by atoms with Gasteiger partial charge in [-0.3, -0.25) is 4.84 Å². The van der Waals surface area contributed by atoms with Gasteiger partial charge in [0, 0.05) is 17.3 Å². The highest BCUT2D eigenvalue weighted by atomic mass is 32.2. The zero-order valence-electron chi connectivity index (χ0n) is 9.44. The van der Waals surface area contributed by atoms with Gasteiger partial charge < -0.3 is 5.11 Å². The van der Waals surface area contributed by atoms with Crippen LogP contribution in [0.2, 0.25) is 0 Å². The number of hydrogen-bond acceptors (Lipinski definition) is 5. The maximum Gasteiger partial charge on any atom is 0.0819 e. The highest BCUT2D eigenvalue weighted by Gasteiger charge is 2.20. The molecule has 1 fully saturated rings. The van der Waals surface area contributed by atoms with Gasteiger partial charge in [-0.2, -0.15) is 0 Å². The normalized spacial score (nSPS) is 29.0. The van der Waals surface area contributed by atoms with Crippen molar-refractivity contribution in [3.63, 3.8) is 0 Å². The maximum atomic E-state index is 9.29. The van der Waals surface area contributed by atoms with Crippen molar-refractivity contribution in [3.8, 4) is 0 Å². The van der Waals surface area contributed by atoms with Crippen molar-refractivity contribution in [1.29, 1.82) is 0 Å². The quantitative estimate of drug-likeness (QED) is 0.420. The van der Waals surface area contributed by atoms with Gasteiger partial charge >= 0.3 is 0 Å². The van der Waals surface area contributed by atoms with Crippen LogP contribution in [0.5, 0.6) is 0 Å². The molecule has 0 heterocycles. The number of aliphatic hydroxyl groups excluding tert-OH is 1. The third-order valence-corrected chi connectivity index (χ3v) is 3.51. The number of nitrogens with one attached hydrogen (secondary N) is 1. The van der Waals surface area contributed by atoms with Crippen LogP contribution < -0.4 is 5.64 Å². The van der Waals surface area contributed by atoms with Crippen LogP contribution in [0, 0.1) is 0 Å². The Kier molecular flexibility index (Phi) is 6.59. The second kappa shape index (κ2) is 7.46. The molecule has 0 saturated heterocycles. The minimum Gasteiger partial charge on any atom is -0.393 e. The van der Waals surface area contributed by atoms with E-state index in [1.165, 1.54) is 12.0 Å². The molecule has 15 heavy (non-hydrogen) atoms. The fourth-order valence-electron chi connectivity index (χ4n) is 1.42. The Balaban J connectivity index is 1.96. The first-order chi connectivity index (χ1) is 7.22. The summed E-state index contributed by atoms with van der Waals surface area (Å²) in [6.45, 7) is 4.22. The Morgan fingerprint density at radius 2 is 2.07 bits per heavy atom. The van der Waals surface area contributed by atoms with Crippen molar-refractivity contribution < 1.29 is 14.2 Å². The Morgan fingerprint density at radius 3 is 2.67 bits per heavy atom. The molecule has 1 aliphatic rings. The van der Waals surface area contributed by atoms with Crippen LogP contribution in [0.3, 0.4) is 0 Å². The lowest BCUT2D eigenvalue weighted by molar-refractivity contribution is -0.150. The molecule has 0 radical (unpaired) electrons. The zero-order valence-corrected chi connectivity index (χ0v) is 10.3. The minimum absolute atomic E-state index is 0.139. The van der Waals surface area contributed by atoms with E-state index in [2.05, 4.69) is 19.5 Å². The van der Waals surface area contributed by atoms with Crippen LogP contribution in [-0.4, -0.2) is 22.6 Å².